The number of methoxy groups -OCH3 is 1. The van der Waals surface area contributed by atoms with Gasteiger partial charge in [-0.05, 0) is 38.4 Å². The molecule has 0 aliphatic heterocycles. The molecule has 1 atom stereocenters. The molecular weight excluding hydrogens is 224 g/mol. The van der Waals surface area contributed by atoms with Crippen LogP contribution in [0, 0.1) is 0 Å². The molecule has 18 heavy (non-hydrogen) atoms. The van der Waals surface area contributed by atoms with Crippen molar-refractivity contribution >= 4 is 0 Å². The minimum atomic E-state index is 0.00671. The lowest BCUT2D eigenvalue weighted by atomic mass is 9.82. The molecule has 0 saturated carbocycles. The van der Waals surface area contributed by atoms with E-state index in [0.29, 0.717) is 6.04 Å². The predicted molar refractivity (Wildman–Crippen MR) is 76.2 cm³/mol. The summed E-state index contributed by atoms with van der Waals surface area (Å²) >= 11 is 0. The van der Waals surface area contributed by atoms with Crippen LogP contribution in [-0.4, -0.2) is 24.7 Å². The van der Waals surface area contributed by atoms with E-state index >= 15 is 0 Å². The molecule has 1 N–H and O–H groups in total. The van der Waals surface area contributed by atoms with Crippen LogP contribution in [0.2, 0.25) is 0 Å². The van der Waals surface area contributed by atoms with Gasteiger partial charge in [0.2, 0.25) is 0 Å². The number of nitrogens with zero attached hydrogens (tertiary/aromatic N) is 1. The Morgan fingerprint density at radius 2 is 2.17 bits per heavy atom. The molecule has 0 aliphatic carbocycles. The lowest BCUT2D eigenvalue weighted by molar-refractivity contribution is 0.350. The fraction of sp³-hybridized carbons (Fsp3) is 0.667. The second-order valence-corrected chi connectivity index (χ2v) is 5.50. The highest BCUT2D eigenvalue weighted by Crippen LogP contribution is 2.33. The highest BCUT2D eigenvalue weighted by Gasteiger charge is 2.27. The Bertz CT molecular complexity index is 363. The summed E-state index contributed by atoms with van der Waals surface area (Å²) in [5.74, 6) is 0.880. The van der Waals surface area contributed by atoms with E-state index < -0.39 is 0 Å². The molecule has 0 fully saturated rings. The fourth-order valence-corrected chi connectivity index (χ4v) is 2.39. The SMILES string of the molecule is CCCNC(C)CC(C)(C)c1ncccc1OC. The van der Waals surface area contributed by atoms with Crippen LogP contribution in [0.25, 0.3) is 0 Å². The summed E-state index contributed by atoms with van der Waals surface area (Å²) in [5, 5.41) is 3.53. The smallest absolute Gasteiger partial charge is 0.140 e. The maximum Gasteiger partial charge on any atom is 0.140 e. The Morgan fingerprint density at radius 3 is 2.78 bits per heavy atom. The molecule has 1 aromatic rings. The van der Waals surface area contributed by atoms with Crippen LogP contribution in [-0.2, 0) is 5.41 Å². The van der Waals surface area contributed by atoms with Crippen LogP contribution < -0.4 is 10.1 Å². The van der Waals surface area contributed by atoms with Crippen molar-refractivity contribution < 1.29 is 4.74 Å². The highest BCUT2D eigenvalue weighted by molar-refractivity contribution is 5.32. The summed E-state index contributed by atoms with van der Waals surface area (Å²) in [5.41, 5.74) is 1.05. The average molecular weight is 250 g/mol. The van der Waals surface area contributed by atoms with Gasteiger partial charge < -0.3 is 10.1 Å². The fourth-order valence-electron chi connectivity index (χ4n) is 2.39. The van der Waals surface area contributed by atoms with Gasteiger partial charge >= 0.3 is 0 Å². The zero-order valence-electron chi connectivity index (χ0n) is 12.3. The van der Waals surface area contributed by atoms with Crippen molar-refractivity contribution in [1.82, 2.24) is 10.3 Å². The zero-order chi connectivity index (χ0) is 13.6. The monoisotopic (exact) mass is 250 g/mol. The van der Waals surface area contributed by atoms with Gasteiger partial charge in [0, 0.05) is 17.7 Å². The van der Waals surface area contributed by atoms with Crippen LogP contribution in [0.3, 0.4) is 0 Å². The minimum Gasteiger partial charge on any atom is -0.495 e. The summed E-state index contributed by atoms with van der Waals surface area (Å²) < 4.78 is 5.41. The lowest BCUT2D eigenvalue weighted by Gasteiger charge is -2.29. The van der Waals surface area contributed by atoms with E-state index in [9.17, 15) is 0 Å². The molecule has 1 rings (SSSR count). The van der Waals surface area contributed by atoms with Gasteiger partial charge in [0.15, 0.2) is 0 Å². The Morgan fingerprint density at radius 1 is 1.44 bits per heavy atom. The Balaban J connectivity index is 2.78. The molecule has 1 aromatic heterocycles. The molecular formula is C15H26N2O. The average Bonchev–Trinajstić information content (AvgIpc) is 2.35. The Labute approximate surface area is 111 Å². The van der Waals surface area contributed by atoms with Crippen molar-refractivity contribution in [2.24, 2.45) is 0 Å². The molecule has 0 aromatic carbocycles. The zero-order valence-corrected chi connectivity index (χ0v) is 12.3. The second kappa shape index (κ2) is 6.74. The Kier molecular flexibility index (Phi) is 5.60. The second-order valence-electron chi connectivity index (χ2n) is 5.50. The van der Waals surface area contributed by atoms with E-state index in [-0.39, 0.29) is 5.41 Å². The molecule has 0 radical (unpaired) electrons. The van der Waals surface area contributed by atoms with Gasteiger partial charge in [-0.15, -0.1) is 0 Å². The van der Waals surface area contributed by atoms with Crippen molar-refractivity contribution in [3.8, 4) is 5.75 Å². The first-order valence-corrected chi connectivity index (χ1v) is 6.74. The highest BCUT2D eigenvalue weighted by atomic mass is 16.5. The van der Waals surface area contributed by atoms with Gasteiger partial charge in [0.05, 0.1) is 12.8 Å². The topological polar surface area (TPSA) is 34.2 Å². The van der Waals surface area contributed by atoms with Crippen molar-refractivity contribution in [2.75, 3.05) is 13.7 Å². The van der Waals surface area contributed by atoms with Gasteiger partial charge in [0.1, 0.15) is 5.75 Å². The normalized spacial score (nSPS) is 13.4. The molecule has 0 spiro atoms. The number of ether oxygens (including phenoxy) is 1. The third kappa shape index (κ3) is 3.98. The molecule has 102 valence electrons. The van der Waals surface area contributed by atoms with Crippen LogP contribution in [0.15, 0.2) is 18.3 Å². The van der Waals surface area contributed by atoms with Gasteiger partial charge in [-0.25, -0.2) is 0 Å². The molecule has 1 unspecified atom stereocenters. The number of pyridine rings is 1. The molecule has 0 saturated heterocycles. The van der Waals surface area contributed by atoms with E-state index in [1.165, 1.54) is 0 Å². The first-order valence-electron chi connectivity index (χ1n) is 6.74. The molecule has 3 heteroatoms. The third-order valence-electron chi connectivity index (χ3n) is 3.19. The quantitative estimate of drug-likeness (QED) is 0.807. The maximum atomic E-state index is 5.41. The van der Waals surface area contributed by atoms with Gasteiger partial charge in [-0.1, -0.05) is 20.8 Å². The lowest BCUT2D eigenvalue weighted by Crippen LogP contribution is -2.34. The maximum absolute atomic E-state index is 5.41. The molecule has 3 nitrogen and oxygen atoms in total. The number of hydrogen-bond donors (Lipinski definition) is 1. The molecule has 0 amide bonds. The van der Waals surface area contributed by atoms with Crippen LogP contribution in [0.1, 0.15) is 46.2 Å². The molecule has 1 heterocycles. The van der Waals surface area contributed by atoms with E-state index in [0.717, 1.165) is 30.8 Å². The number of rotatable bonds is 7. The van der Waals surface area contributed by atoms with E-state index in [4.69, 9.17) is 4.74 Å². The van der Waals surface area contributed by atoms with E-state index in [1.807, 2.05) is 18.3 Å². The number of aromatic nitrogens is 1. The van der Waals surface area contributed by atoms with Crippen LogP contribution >= 0.6 is 0 Å². The summed E-state index contributed by atoms with van der Waals surface area (Å²) in [6, 6.07) is 4.37. The van der Waals surface area contributed by atoms with E-state index in [1.54, 1.807) is 7.11 Å². The first kappa shape index (κ1) is 15.0. The van der Waals surface area contributed by atoms with Crippen molar-refractivity contribution in [3.05, 3.63) is 24.0 Å². The van der Waals surface area contributed by atoms with Gasteiger partial charge in [0.25, 0.3) is 0 Å². The predicted octanol–water partition coefficient (Wildman–Crippen LogP) is 3.15. The largest absolute Gasteiger partial charge is 0.495 e. The Hall–Kier alpha value is -1.09. The third-order valence-corrected chi connectivity index (χ3v) is 3.19. The minimum absolute atomic E-state index is 0.00671. The van der Waals surface area contributed by atoms with Gasteiger partial charge in [-0.3, -0.25) is 4.98 Å². The summed E-state index contributed by atoms with van der Waals surface area (Å²) in [7, 11) is 1.70. The first-order chi connectivity index (χ1) is 8.51. The van der Waals surface area contributed by atoms with Gasteiger partial charge in [-0.2, -0.15) is 0 Å². The molecule has 0 aliphatic rings. The van der Waals surface area contributed by atoms with E-state index in [2.05, 4.69) is 38.0 Å². The molecule has 0 bridgehead atoms. The summed E-state index contributed by atoms with van der Waals surface area (Å²) in [4.78, 5) is 4.50. The van der Waals surface area contributed by atoms with Crippen molar-refractivity contribution in [1.29, 1.82) is 0 Å². The summed E-state index contributed by atoms with van der Waals surface area (Å²) in [6.07, 6.45) is 4.04. The van der Waals surface area contributed by atoms with Crippen LogP contribution in [0.5, 0.6) is 5.75 Å². The van der Waals surface area contributed by atoms with Crippen molar-refractivity contribution in [2.45, 2.75) is 52.0 Å². The van der Waals surface area contributed by atoms with Crippen molar-refractivity contribution in [3.63, 3.8) is 0 Å². The van der Waals surface area contributed by atoms with Crippen LogP contribution in [0.4, 0.5) is 0 Å². The number of nitrogens with one attached hydrogen (secondary N) is 1. The number of hydrogen-bond acceptors (Lipinski definition) is 3. The standard InChI is InChI=1S/C15H26N2O/c1-6-9-16-12(2)11-15(3,4)14-13(18-5)8-7-10-17-14/h7-8,10,12,16H,6,9,11H2,1-5H3. The summed E-state index contributed by atoms with van der Waals surface area (Å²) in [6.45, 7) is 9.93.